The highest BCUT2D eigenvalue weighted by atomic mass is 16.6. The van der Waals surface area contributed by atoms with Crippen LogP contribution in [0, 0.1) is 23.2 Å². The minimum atomic E-state index is -0.760. The standard InChI is InChI=1S/C19H32O5/c1-10(2)19-9-13(23-16(22)17(3,4)5)18(6,24-19)11-7-8-12(20)14(11)15(19)21/h10-15,20-21H,7-9H2,1-6H3/t11-,12+,13-,14+,15+,18-,19-/m1/s1. The Morgan fingerprint density at radius 1 is 1.25 bits per heavy atom. The first-order valence-corrected chi connectivity index (χ1v) is 9.21. The average Bonchev–Trinajstić information content (AvgIpc) is 2.96. The van der Waals surface area contributed by atoms with Crippen molar-refractivity contribution >= 4 is 5.97 Å². The Kier molecular flexibility index (Phi) is 4.10. The smallest absolute Gasteiger partial charge is 0.311 e. The monoisotopic (exact) mass is 340 g/mol. The van der Waals surface area contributed by atoms with Crippen molar-refractivity contribution < 1.29 is 24.5 Å². The van der Waals surface area contributed by atoms with E-state index in [9.17, 15) is 15.0 Å². The number of esters is 1. The number of aliphatic hydroxyl groups excluding tert-OH is 2. The van der Waals surface area contributed by atoms with Crippen molar-refractivity contribution in [2.75, 3.05) is 0 Å². The van der Waals surface area contributed by atoms with Gasteiger partial charge >= 0.3 is 5.97 Å². The molecule has 3 aliphatic rings. The fourth-order valence-corrected chi connectivity index (χ4v) is 5.09. The fraction of sp³-hybridized carbons (Fsp3) is 0.947. The van der Waals surface area contributed by atoms with Crippen molar-refractivity contribution in [3.05, 3.63) is 0 Å². The van der Waals surface area contributed by atoms with Gasteiger partial charge in [0, 0.05) is 12.3 Å². The summed E-state index contributed by atoms with van der Waals surface area (Å²) in [5, 5.41) is 21.5. The number of hydrogen-bond acceptors (Lipinski definition) is 5. The van der Waals surface area contributed by atoms with E-state index in [4.69, 9.17) is 9.47 Å². The Morgan fingerprint density at radius 3 is 2.42 bits per heavy atom. The summed E-state index contributed by atoms with van der Waals surface area (Å²) in [4.78, 5) is 12.5. The molecule has 0 spiro atoms. The van der Waals surface area contributed by atoms with Crippen LogP contribution in [-0.2, 0) is 14.3 Å². The van der Waals surface area contributed by atoms with E-state index in [-0.39, 0.29) is 29.8 Å². The van der Waals surface area contributed by atoms with Crippen LogP contribution < -0.4 is 0 Å². The highest BCUT2D eigenvalue weighted by molar-refractivity contribution is 5.75. The highest BCUT2D eigenvalue weighted by Gasteiger charge is 2.71. The third-order valence-electron chi connectivity index (χ3n) is 6.68. The Balaban J connectivity index is 1.98. The van der Waals surface area contributed by atoms with Gasteiger partial charge in [0.05, 0.1) is 17.6 Å². The van der Waals surface area contributed by atoms with Gasteiger partial charge in [-0.2, -0.15) is 0 Å². The Labute approximate surface area is 144 Å². The average molecular weight is 340 g/mol. The van der Waals surface area contributed by atoms with Gasteiger partial charge in [0.1, 0.15) is 17.3 Å². The van der Waals surface area contributed by atoms with Crippen LogP contribution in [-0.4, -0.2) is 45.7 Å². The molecule has 0 aromatic carbocycles. The van der Waals surface area contributed by atoms with Gasteiger partial charge < -0.3 is 19.7 Å². The molecule has 0 amide bonds. The van der Waals surface area contributed by atoms with Crippen molar-refractivity contribution in [1.29, 1.82) is 0 Å². The predicted molar refractivity (Wildman–Crippen MR) is 89.2 cm³/mol. The molecule has 138 valence electrons. The van der Waals surface area contributed by atoms with E-state index in [0.29, 0.717) is 12.8 Å². The van der Waals surface area contributed by atoms with Crippen molar-refractivity contribution in [3.63, 3.8) is 0 Å². The summed E-state index contributed by atoms with van der Waals surface area (Å²) in [6.07, 6.45) is 0.317. The van der Waals surface area contributed by atoms with Gasteiger partial charge in [-0.1, -0.05) is 13.8 Å². The summed E-state index contributed by atoms with van der Waals surface area (Å²) in [6.45, 7) is 11.6. The maximum absolute atomic E-state index is 12.5. The Hall–Kier alpha value is -0.650. The molecule has 2 bridgehead atoms. The van der Waals surface area contributed by atoms with Crippen molar-refractivity contribution in [1.82, 2.24) is 0 Å². The summed E-state index contributed by atoms with van der Waals surface area (Å²) in [5.41, 5.74) is -1.98. The molecule has 2 heterocycles. The normalized spacial score (nSPS) is 47.8. The second-order valence-corrected chi connectivity index (χ2v) is 9.52. The zero-order valence-electron chi connectivity index (χ0n) is 15.7. The molecule has 1 saturated carbocycles. The summed E-state index contributed by atoms with van der Waals surface area (Å²) in [7, 11) is 0. The molecule has 2 aliphatic heterocycles. The largest absolute Gasteiger partial charge is 0.459 e. The van der Waals surface area contributed by atoms with E-state index >= 15 is 0 Å². The van der Waals surface area contributed by atoms with E-state index in [2.05, 4.69) is 0 Å². The minimum absolute atomic E-state index is 0.00893. The molecule has 0 radical (unpaired) electrons. The van der Waals surface area contributed by atoms with Gasteiger partial charge in [-0.3, -0.25) is 4.79 Å². The van der Waals surface area contributed by atoms with Crippen LogP contribution in [0.2, 0.25) is 0 Å². The maximum atomic E-state index is 12.5. The number of ether oxygens (including phenoxy) is 2. The first kappa shape index (κ1) is 18.2. The zero-order chi connectivity index (χ0) is 18.1. The number of rotatable bonds is 2. The van der Waals surface area contributed by atoms with Crippen LogP contribution in [0.25, 0.3) is 0 Å². The lowest BCUT2D eigenvalue weighted by Crippen LogP contribution is -2.62. The molecule has 3 fully saturated rings. The molecule has 0 aromatic rings. The molecule has 1 aliphatic carbocycles. The number of carbonyl (C=O) groups excluding carboxylic acids is 1. The lowest BCUT2D eigenvalue weighted by Gasteiger charge is -2.51. The first-order valence-electron chi connectivity index (χ1n) is 9.21. The maximum Gasteiger partial charge on any atom is 0.311 e. The topological polar surface area (TPSA) is 76.0 Å². The van der Waals surface area contributed by atoms with Gasteiger partial charge in [0.25, 0.3) is 0 Å². The van der Waals surface area contributed by atoms with Gasteiger partial charge in [0.2, 0.25) is 0 Å². The SMILES string of the molecule is CC(C)[C@@]12C[C@@H](OC(=O)C(C)(C)C)[C@](C)(O1)[C@@H]1CC[C@H](O)[C@H]1[C@@H]2O. The second-order valence-electron chi connectivity index (χ2n) is 9.52. The number of hydrogen-bond donors (Lipinski definition) is 2. The summed E-state index contributed by atoms with van der Waals surface area (Å²) >= 11 is 0. The predicted octanol–water partition coefficient (Wildman–Crippen LogP) is 2.28. The van der Waals surface area contributed by atoms with E-state index in [1.807, 2.05) is 41.5 Å². The third-order valence-corrected chi connectivity index (χ3v) is 6.68. The van der Waals surface area contributed by atoms with Crippen LogP contribution >= 0.6 is 0 Å². The third kappa shape index (κ3) is 2.35. The molecule has 0 aromatic heterocycles. The number of fused-ring (bicyclic) bond motifs is 4. The lowest BCUT2D eigenvalue weighted by molar-refractivity contribution is -0.263. The van der Waals surface area contributed by atoms with Crippen LogP contribution in [0.5, 0.6) is 0 Å². The number of carbonyl (C=O) groups is 1. The van der Waals surface area contributed by atoms with Crippen LogP contribution in [0.3, 0.4) is 0 Å². The molecule has 2 N–H and O–H groups in total. The van der Waals surface area contributed by atoms with E-state index < -0.39 is 28.8 Å². The molecule has 0 unspecified atom stereocenters. The molecule has 5 heteroatoms. The van der Waals surface area contributed by atoms with Crippen molar-refractivity contribution in [3.8, 4) is 0 Å². The van der Waals surface area contributed by atoms with Crippen molar-refractivity contribution in [2.24, 2.45) is 23.2 Å². The molecule has 5 nitrogen and oxygen atoms in total. The quantitative estimate of drug-likeness (QED) is 0.754. The fourth-order valence-electron chi connectivity index (χ4n) is 5.09. The molecule has 24 heavy (non-hydrogen) atoms. The van der Waals surface area contributed by atoms with Crippen molar-refractivity contribution in [2.45, 2.75) is 90.3 Å². The Morgan fingerprint density at radius 2 is 1.88 bits per heavy atom. The van der Waals surface area contributed by atoms with E-state index in [1.165, 1.54) is 0 Å². The molecular weight excluding hydrogens is 308 g/mol. The second kappa shape index (κ2) is 5.42. The zero-order valence-corrected chi connectivity index (χ0v) is 15.7. The summed E-state index contributed by atoms with van der Waals surface area (Å²) < 4.78 is 12.4. The van der Waals surface area contributed by atoms with Gasteiger partial charge in [-0.15, -0.1) is 0 Å². The summed E-state index contributed by atoms with van der Waals surface area (Å²) in [6, 6.07) is 0. The molecule has 7 atom stereocenters. The highest BCUT2D eigenvalue weighted by Crippen LogP contribution is 2.61. The van der Waals surface area contributed by atoms with E-state index in [1.54, 1.807) is 0 Å². The molecule has 3 rings (SSSR count). The van der Waals surface area contributed by atoms with Crippen LogP contribution in [0.1, 0.15) is 60.8 Å². The Bertz CT molecular complexity index is 524. The number of aliphatic hydroxyl groups is 2. The van der Waals surface area contributed by atoms with E-state index in [0.717, 1.165) is 6.42 Å². The van der Waals surface area contributed by atoms with Gasteiger partial charge in [-0.05, 0) is 52.4 Å². The van der Waals surface area contributed by atoms with Crippen LogP contribution in [0.15, 0.2) is 0 Å². The van der Waals surface area contributed by atoms with Gasteiger partial charge in [0.15, 0.2) is 0 Å². The van der Waals surface area contributed by atoms with Crippen LogP contribution in [0.4, 0.5) is 0 Å². The molecule has 2 saturated heterocycles. The summed E-state index contributed by atoms with van der Waals surface area (Å²) in [5.74, 6) is -0.369. The first-order chi connectivity index (χ1) is 10.9. The lowest BCUT2D eigenvalue weighted by atomic mass is 9.71. The van der Waals surface area contributed by atoms with Gasteiger partial charge in [-0.25, -0.2) is 0 Å². The molecular formula is C19H32O5. The minimum Gasteiger partial charge on any atom is -0.459 e.